The van der Waals surface area contributed by atoms with E-state index in [4.69, 9.17) is 0 Å². The van der Waals surface area contributed by atoms with Crippen molar-refractivity contribution in [1.29, 1.82) is 0 Å². The summed E-state index contributed by atoms with van der Waals surface area (Å²) in [6.45, 7) is 6.88. The van der Waals surface area contributed by atoms with Gasteiger partial charge in [-0.25, -0.2) is 0 Å². The monoisotopic (exact) mass is 488 g/mol. The molecule has 184 valence electrons. The second-order valence-electron chi connectivity index (χ2n) is 11.0. The Labute approximate surface area is 225 Å². The number of hydrogen-bond acceptors (Lipinski definition) is 0. The van der Waals surface area contributed by atoms with Crippen LogP contribution in [0.15, 0.2) is 140 Å². The molecule has 0 fully saturated rings. The van der Waals surface area contributed by atoms with Crippen LogP contribution < -0.4 is 0 Å². The fourth-order valence-corrected chi connectivity index (χ4v) is 5.55. The third-order valence-corrected chi connectivity index (χ3v) is 7.46. The van der Waals surface area contributed by atoms with Crippen molar-refractivity contribution >= 4 is 32.3 Å². The van der Waals surface area contributed by atoms with E-state index in [1.807, 2.05) is 0 Å². The smallest absolute Gasteiger partial charge is 0.00201 e. The van der Waals surface area contributed by atoms with Gasteiger partial charge < -0.3 is 0 Å². The molecule has 0 heterocycles. The first-order valence-corrected chi connectivity index (χ1v) is 13.4. The van der Waals surface area contributed by atoms with Gasteiger partial charge in [0.2, 0.25) is 0 Å². The van der Waals surface area contributed by atoms with Crippen molar-refractivity contribution in [3.05, 3.63) is 145 Å². The molecule has 0 heteroatoms. The molecule has 6 aromatic carbocycles. The van der Waals surface area contributed by atoms with Crippen LogP contribution >= 0.6 is 0 Å². The lowest BCUT2D eigenvalue weighted by atomic mass is 9.81. The van der Waals surface area contributed by atoms with Crippen molar-refractivity contribution in [1.82, 2.24) is 0 Å². The van der Waals surface area contributed by atoms with Gasteiger partial charge in [0.1, 0.15) is 0 Å². The molecule has 0 aliphatic heterocycles. The van der Waals surface area contributed by atoms with Crippen LogP contribution in [0.1, 0.15) is 26.3 Å². The minimum absolute atomic E-state index is 0.0463. The summed E-state index contributed by atoms with van der Waals surface area (Å²) in [5, 5.41) is 7.68. The van der Waals surface area contributed by atoms with E-state index in [0.717, 1.165) is 0 Å². The van der Waals surface area contributed by atoms with E-state index in [0.29, 0.717) is 0 Å². The third-order valence-electron chi connectivity index (χ3n) is 7.46. The molecule has 0 amide bonds. The van der Waals surface area contributed by atoms with Crippen LogP contribution in [0.2, 0.25) is 0 Å². The Morgan fingerprint density at radius 2 is 0.921 bits per heavy atom. The molecule has 0 N–H and O–H groups in total. The minimum Gasteiger partial charge on any atom is -0.0623 e. The molecule has 6 rings (SSSR count). The van der Waals surface area contributed by atoms with Gasteiger partial charge in [0.25, 0.3) is 0 Å². The molecule has 0 aliphatic carbocycles. The van der Waals surface area contributed by atoms with Gasteiger partial charge in [-0.1, -0.05) is 154 Å². The maximum atomic E-state index is 2.43. The molecule has 0 nitrogen and oxygen atoms in total. The fourth-order valence-electron chi connectivity index (χ4n) is 5.55. The van der Waals surface area contributed by atoms with E-state index in [-0.39, 0.29) is 5.41 Å². The largest absolute Gasteiger partial charge is 0.0623 e. The van der Waals surface area contributed by atoms with Crippen LogP contribution in [0, 0.1) is 0 Å². The summed E-state index contributed by atoms with van der Waals surface area (Å²) in [6, 6.07) is 50.6. The molecule has 0 saturated heterocycles. The molecule has 0 atom stereocenters. The number of benzene rings is 5. The molecule has 0 spiro atoms. The quantitative estimate of drug-likeness (QED) is 0.213. The van der Waals surface area contributed by atoms with E-state index in [1.165, 1.54) is 60.1 Å². The van der Waals surface area contributed by atoms with Gasteiger partial charge in [0.15, 0.2) is 0 Å². The maximum absolute atomic E-state index is 2.43. The Hall–Kier alpha value is -4.42. The van der Waals surface area contributed by atoms with Crippen LogP contribution in [-0.2, 0) is 5.41 Å². The Balaban J connectivity index is 1.83. The summed E-state index contributed by atoms with van der Waals surface area (Å²) in [4.78, 5) is 0. The van der Waals surface area contributed by atoms with Gasteiger partial charge in [-0.2, -0.15) is 0 Å². The van der Waals surface area contributed by atoms with E-state index in [1.54, 1.807) is 0 Å². The zero-order valence-electron chi connectivity index (χ0n) is 22.3. The van der Waals surface area contributed by atoms with Crippen molar-refractivity contribution in [2.24, 2.45) is 0 Å². The van der Waals surface area contributed by atoms with Gasteiger partial charge in [0, 0.05) is 0 Å². The first-order valence-electron chi connectivity index (χ1n) is 13.4. The summed E-state index contributed by atoms with van der Waals surface area (Å²) in [5.74, 6) is 0. The lowest BCUT2D eigenvalue weighted by molar-refractivity contribution is 0.591. The van der Waals surface area contributed by atoms with E-state index in [2.05, 4.69) is 160 Å². The van der Waals surface area contributed by atoms with Gasteiger partial charge in [-0.05, 0) is 71.6 Å². The topological polar surface area (TPSA) is 0 Å². The van der Waals surface area contributed by atoms with Gasteiger partial charge in [-0.15, -0.1) is 0 Å². The highest BCUT2D eigenvalue weighted by Gasteiger charge is 2.20. The average molecular weight is 489 g/mol. The zero-order chi connectivity index (χ0) is 26.1. The molecular weight excluding hydrogens is 456 g/mol. The van der Waals surface area contributed by atoms with Crippen LogP contribution in [0.25, 0.3) is 54.6 Å². The van der Waals surface area contributed by atoms with Gasteiger partial charge in [-0.3, -0.25) is 0 Å². The predicted molar refractivity (Wildman–Crippen MR) is 166 cm³/mol. The highest BCUT2D eigenvalue weighted by molar-refractivity contribution is 6.23. The highest BCUT2D eigenvalue weighted by Crippen LogP contribution is 2.46. The lowest BCUT2D eigenvalue weighted by Crippen LogP contribution is -2.10. The van der Waals surface area contributed by atoms with E-state index < -0.39 is 0 Å². The molecule has 0 bridgehead atoms. The van der Waals surface area contributed by atoms with Crippen LogP contribution in [0.4, 0.5) is 0 Å². The summed E-state index contributed by atoms with van der Waals surface area (Å²) in [6.07, 6.45) is 0. The van der Waals surface area contributed by atoms with Crippen LogP contribution in [-0.4, -0.2) is 0 Å². The molecule has 0 aromatic heterocycles. The molecule has 0 aliphatic rings. The van der Waals surface area contributed by atoms with Crippen molar-refractivity contribution in [3.63, 3.8) is 0 Å². The standard InChI is InChI=1S/C38H32/c1-38(2,3)29-24-25-34-35(26-29)36(28-17-9-7-5-4-6-8-10-18-28)32-21-13-14-22-33(32)37(34)31-23-15-19-27-16-11-12-20-30(27)31/h4-26H,1-3H3. The Bertz CT molecular complexity index is 1820. The number of rotatable bonds is 2. The predicted octanol–water partition coefficient (Wildman–Crippen LogP) is 10.9. The fraction of sp³-hybridized carbons (Fsp3) is 0.105. The Morgan fingerprint density at radius 1 is 0.395 bits per heavy atom. The zero-order valence-corrected chi connectivity index (χ0v) is 22.3. The van der Waals surface area contributed by atoms with Gasteiger partial charge >= 0.3 is 0 Å². The van der Waals surface area contributed by atoms with Crippen molar-refractivity contribution in [2.45, 2.75) is 26.2 Å². The van der Waals surface area contributed by atoms with E-state index >= 15 is 0 Å². The van der Waals surface area contributed by atoms with Crippen molar-refractivity contribution in [2.75, 3.05) is 0 Å². The third kappa shape index (κ3) is 4.33. The molecule has 0 radical (unpaired) electrons. The van der Waals surface area contributed by atoms with Crippen LogP contribution in [0.3, 0.4) is 0 Å². The minimum atomic E-state index is 0.0463. The second-order valence-corrected chi connectivity index (χ2v) is 11.0. The first-order chi connectivity index (χ1) is 18.5. The lowest BCUT2D eigenvalue weighted by Gasteiger charge is -2.23. The molecule has 0 saturated carbocycles. The van der Waals surface area contributed by atoms with Crippen molar-refractivity contribution in [3.8, 4) is 22.3 Å². The average Bonchev–Trinajstić information content (AvgIpc) is 2.93. The normalized spacial score (nSPS) is 11.6. The highest BCUT2D eigenvalue weighted by atomic mass is 14.2. The molecule has 6 aromatic rings. The Kier molecular flexibility index (Phi) is 6.18. The Morgan fingerprint density at radius 3 is 1.61 bits per heavy atom. The summed E-state index contributed by atoms with van der Waals surface area (Å²) in [5.41, 5.74) is 6.46. The number of hydrogen-bond donors (Lipinski definition) is 0. The second kappa shape index (κ2) is 9.80. The van der Waals surface area contributed by atoms with Crippen molar-refractivity contribution < 1.29 is 0 Å². The summed E-state index contributed by atoms with van der Waals surface area (Å²) in [7, 11) is 0. The summed E-state index contributed by atoms with van der Waals surface area (Å²) < 4.78 is 0. The van der Waals surface area contributed by atoms with Crippen LogP contribution in [0.5, 0.6) is 0 Å². The maximum Gasteiger partial charge on any atom is -0.00201 e. The summed E-state index contributed by atoms with van der Waals surface area (Å²) >= 11 is 0. The SMILES string of the molecule is CC(C)(C)c1ccc2c(-c3cccc4ccccc34)c3ccccc3c(-c3ccccccccc3)c2c1. The number of fused-ring (bicyclic) bond motifs is 3. The molecule has 0 unspecified atom stereocenters. The van der Waals surface area contributed by atoms with E-state index in [9.17, 15) is 0 Å². The molecular formula is C38H32. The first kappa shape index (κ1) is 23.9. The molecule has 38 heavy (non-hydrogen) atoms. The van der Waals surface area contributed by atoms with Gasteiger partial charge in [0.05, 0.1) is 0 Å².